The number of aromatic nitrogens is 5. The maximum absolute atomic E-state index is 11.0. The summed E-state index contributed by atoms with van der Waals surface area (Å²) in [5.74, 6) is 0.546. The van der Waals surface area contributed by atoms with Crippen LogP contribution in [-0.2, 0) is 17.6 Å². The monoisotopic (exact) mass is 272 g/mol. The van der Waals surface area contributed by atoms with Crippen LogP contribution in [0.1, 0.15) is 37.0 Å². The van der Waals surface area contributed by atoms with Crippen LogP contribution in [0.15, 0.2) is 12.3 Å². The number of hydrogen-bond donors (Lipinski definition) is 0. The largest absolute Gasteiger partial charge is 0.336 e. The average Bonchev–Trinajstić information content (AvgIpc) is 2.92. The van der Waals surface area contributed by atoms with Crippen LogP contribution in [0.5, 0.6) is 0 Å². The van der Waals surface area contributed by atoms with E-state index in [0.717, 1.165) is 29.9 Å². The Bertz CT molecular complexity index is 638. The van der Waals surface area contributed by atoms with E-state index in [1.54, 1.807) is 15.8 Å². The Morgan fingerprint density at radius 2 is 2.35 bits per heavy atom. The fourth-order valence-electron chi connectivity index (χ4n) is 2.45. The zero-order chi connectivity index (χ0) is 14.1. The van der Waals surface area contributed by atoms with E-state index in [-0.39, 0.29) is 6.04 Å². The Morgan fingerprint density at radius 1 is 1.50 bits per heavy atom. The Balaban J connectivity index is 2.03. The van der Waals surface area contributed by atoms with E-state index in [4.69, 9.17) is 0 Å². The lowest BCUT2D eigenvalue weighted by atomic mass is 10.1. The number of hydrogen-bond acceptors (Lipinski definition) is 5. The molecule has 0 radical (unpaired) electrons. The molecule has 1 aliphatic rings. The lowest BCUT2D eigenvalue weighted by Crippen LogP contribution is -2.33. The second-order valence-corrected chi connectivity index (χ2v) is 4.80. The quantitative estimate of drug-likeness (QED) is 0.768. The van der Waals surface area contributed by atoms with Gasteiger partial charge in [-0.25, -0.2) is 9.97 Å². The highest BCUT2D eigenvalue weighted by Crippen LogP contribution is 2.26. The van der Waals surface area contributed by atoms with Gasteiger partial charge < -0.3 is 4.90 Å². The minimum atomic E-state index is -0.0562. The normalized spacial score (nSPS) is 17.9. The molecule has 0 saturated heterocycles. The van der Waals surface area contributed by atoms with Gasteiger partial charge in [0.2, 0.25) is 6.41 Å². The number of fused-ring (bicyclic) bond motifs is 1. The third-order valence-electron chi connectivity index (χ3n) is 3.68. The van der Waals surface area contributed by atoms with Crippen LogP contribution >= 0.6 is 0 Å². The van der Waals surface area contributed by atoms with Crippen molar-refractivity contribution in [3.8, 4) is 5.95 Å². The third kappa shape index (κ3) is 1.95. The zero-order valence-corrected chi connectivity index (χ0v) is 11.5. The molecule has 0 bridgehead atoms. The van der Waals surface area contributed by atoms with E-state index in [1.807, 2.05) is 19.9 Å². The summed E-state index contributed by atoms with van der Waals surface area (Å²) >= 11 is 0. The molecule has 1 amide bonds. The molecular weight excluding hydrogens is 256 g/mol. The summed E-state index contributed by atoms with van der Waals surface area (Å²) in [6, 6.07) is 1.84. The summed E-state index contributed by atoms with van der Waals surface area (Å²) in [6.45, 7) is 4.67. The number of amides is 1. The van der Waals surface area contributed by atoms with Crippen molar-refractivity contribution in [3.63, 3.8) is 0 Å². The van der Waals surface area contributed by atoms with Crippen LogP contribution in [0.3, 0.4) is 0 Å². The van der Waals surface area contributed by atoms with Gasteiger partial charge in [0.1, 0.15) is 5.69 Å². The molecule has 104 valence electrons. The molecule has 0 fully saturated rings. The highest BCUT2D eigenvalue weighted by molar-refractivity contribution is 5.49. The lowest BCUT2D eigenvalue weighted by Gasteiger charge is -2.28. The molecule has 0 N–H and O–H groups in total. The van der Waals surface area contributed by atoms with Crippen molar-refractivity contribution in [1.29, 1.82) is 0 Å². The molecule has 0 aromatic carbocycles. The van der Waals surface area contributed by atoms with Crippen molar-refractivity contribution in [2.24, 2.45) is 0 Å². The average molecular weight is 272 g/mol. The van der Waals surface area contributed by atoms with E-state index in [9.17, 15) is 4.79 Å². The van der Waals surface area contributed by atoms with Gasteiger partial charge in [0.25, 0.3) is 5.95 Å². The van der Waals surface area contributed by atoms with Crippen LogP contribution < -0.4 is 0 Å². The van der Waals surface area contributed by atoms with E-state index < -0.39 is 0 Å². The molecule has 2 aromatic rings. The van der Waals surface area contributed by atoms with Crippen LogP contribution in [0.2, 0.25) is 0 Å². The van der Waals surface area contributed by atoms with Gasteiger partial charge in [0.05, 0.1) is 11.7 Å². The minimum absolute atomic E-state index is 0.0562. The van der Waals surface area contributed by atoms with Crippen LogP contribution in [-0.4, -0.2) is 42.8 Å². The molecule has 0 saturated carbocycles. The van der Waals surface area contributed by atoms with Gasteiger partial charge in [-0.05, 0) is 19.4 Å². The van der Waals surface area contributed by atoms with Gasteiger partial charge in [0, 0.05) is 24.9 Å². The number of carbonyl (C=O) groups is 1. The SMILES string of the molecule is CCc1ccnc(-n2nnc3c2CCN(C=O)C3C)n1. The molecular formula is C13H16N6O. The maximum atomic E-state index is 11.0. The van der Waals surface area contributed by atoms with Crippen LogP contribution in [0.4, 0.5) is 0 Å². The van der Waals surface area contributed by atoms with E-state index in [0.29, 0.717) is 18.9 Å². The summed E-state index contributed by atoms with van der Waals surface area (Å²) < 4.78 is 1.69. The number of aryl methyl sites for hydroxylation is 1. The molecule has 0 aliphatic carbocycles. The Kier molecular flexibility index (Phi) is 3.17. The van der Waals surface area contributed by atoms with Gasteiger partial charge in [-0.3, -0.25) is 4.79 Å². The molecule has 7 nitrogen and oxygen atoms in total. The summed E-state index contributed by atoms with van der Waals surface area (Å²) in [7, 11) is 0. The van der Waals surface area contributed by atoms with E-state index in [1.165, 1.54) is 0 Å². The van der Waals surface area contributed by atoms with Gasteiger partial charge in [-0.2, -0.15) is 4.68 Å². The standard InChI is InChI=1S/C13H16N6O/c1-3-10-4-6-14-13(15-10)19-11-5-7-18(8-20)9(2)12(11)16-17-19/h4,6,8-9H,3,5,7H2,1-2H3. The van der Waals surface area contributed by atoms with E-state index in [2.05, 4.69) is 20.3 Å². The van der Waals surface area contributed by atoms with Crippen molar-refractivity contribution < 1.29 is 4.79 Å². The predicted octanol–water partition coefficient (Wildman–Crippen LogP) is 0.695. The number of nitrogens with zero attached hydrogens (tertiary/aromatic N) is 6. The van der Waals surface area contributed by atoms with Gasteiger partial charge in [-0.15, -0.1) is 5.10 Å². The number of carbonyl (C=O) groups excluding carboxylic acids is 1. The van der Waals surface area contributed by atoms with Crippen molar-refractivity contribution >= 4 is 6.41 Å². The highest BCUT2D eigenvalue weighted by atomic mass is 16.1. The first-order chi connectivity index (χ1) is 9.74. The second-order valence-electron chi connectivity index (χ2n) is 4.80. The Hall–Kier alpha value is -2.31. The summed E-state index contributed by atoms with van der Waals surface area (Å²) in [5.41, 5.74) is 2.79. The summed E-state index contributed by atoms with van der Waals surface area (Å²) in [4.78, 5) is 21.5. The molecule has 1 aliphatic heterocycles. The first-order valence-corrected chi connectivity index (χ1v) is 6.72. The Morgan fingerprint density at radius 3 is 3.10 bits per heavy atom. The van der Waals surface area contributed by atoms with Crippen LogP contribution in [0, 0.1) is 0 Å². The van der Waals surface area contributed by atoms with Crippen LogP contribution in [0.25, 0.3) is 5.95 Å². The Labute approximate surface area is 116 Å². The number of rotatable bonds is 3. The van der Waals surface area contributed by atoms with Crippen molar-refractivity contribution in [1.82, 2.24) is 29.9 Å². The topological polar surface area (TPSA) is 76.8 Å². The predicted molar refractivity (Wildman–Crippen MR) is 71.2 cm³/mol. The third-order valence-corrected chi connectivity index (χ3v) is 3.68. The van der Waals surface area contributed by atoms with Crippen molar-refractivity contribution in [2.45, 2.75) is 32.7 Å². The van der Waals surface area contributed by atoms with Gasteiger partial charge in [-0.1, -0.05) is 12.1 Å². The highest BCUT2D eigenvalue weighted by Gasteiger charge is 2.29. The molecule has 1 unspecified atom stereocenters. The zero-order valence-electron chi connectivity index (χ0n) is 11.5. The van der Waals surface area contributed by atoms with Gasteiger partial charge in [0.15, 0.2) is 0 Å². The van der Waals surface area contributed by atoms with Crippen molar-refractivity contribution in [2.75, 3.05) is 6.54 Å². The molecule has 1 atom stereocenters. The summed E-state index contributed by atoms with van der Waals surface area (Å²) in [6.07, 6.45) is 4.16. The van der Waals surface area contributed by atoms with E-state index >= 15 is 0 Å². The molecule has 20 heavy (non-hydrogen) atoms. The van der Waals surface area contributed by atoms with Gasteiger partial charge >= 0.3 is 0 Å². The first-order valence-electron chi connectivity index (χ1n) is 6.72. The molecule has 0 spiro atoms. The minimum Gasteiger partial charge on any atom is -0.336 e. The smallest absolute Gasteiger partial charge is 0.252 e. The fourth-order valence-corrected chi connectivity index (χ4v) is 2.45. The molecule has 3 rings (SSSR count). The molecule has 3 heterocycles. The van der Waals surface area contributed by atoms with Crippen molar-refractivity contribution in [3.05, 3.63) is 29.3 Å². The summed E-state index contributed by atoms with van der Waals surface area (Å²) in [5, 5.41) is 8.36. The lowest BCUT2D eigenvalue weighted by molar-refractivity contribution is -0.120. The second kappa shape index (κ2) is 4.99. The molecule has 7 heteroatoms. The fraction of sp³-hybridized carbons (Fsp3) is 0.462. The maximum Gasteiger partial charge on any atom is 0.252 e. The first kappa shape index (κ1) is 12.7. The molecule has 2 aromatic heterocycles.